The molecule has 1 aromatic carbocycles. The van der Waals surface area contributed by atoms with Gasteiger partial charge in [0.25, 0.3) is 0 Å². The average molecular weight is 204 g/mol. The molecule has 76 valence electrons. The molecule has 3 rings (SSSR count). The lowest BCUT2D eigenvalue weighted by Gasteiger charge is -2.00. The van der Waals surface area contributed by atoms with Crippen LogP contribution in [0.15, 0.2) is 28.8 Å². The molecule has 5 heteroatoms. The number of nitrogens with zero attached hydrogens (tertiary/aromatic N) is 1. The fourth-order valence-electron chi connectivity index (χ4n) is 1.55. The predicted molar refractivity (Wildman–Crippen MR) is 52.5 cm³/mol. The molecule has 1 aromatic heterocycles. The van der Waals surface area contributed by atoms with Crippen LogP contribution in [0, 0.1) is 0 Å². The van der Waals surface area contributed by atoms with Crippen LogP contribution >= 0.6 is 0 Å². The summed E-state index contributed by atoms with van der Waals surface area (Å²) >= 11 is 0. The quantitative estimate of drug-likeness (QED) is 0.764. The van der Waals surface area contributed by atoms with Crippen LogP contribution in [0.5, 0.6) is 11.5 Å². The maximum absolute atomic E-state index is 5.46. The van der Waals surface area contributed by atoms with Crippen LogP contribution in [0.2, 0.25) is 0 Å². The third-order valence-electron chi connectivity index (χ3n) is 2.20. The van der Waals surface area contributed by atoms with Gasteiger partial charge in [0.05, 0.1) is 0 Å². The molecule has 1 aliphatic heterocycles. The summed E-state index contributed by atoms with van der Waals surface area (Å²) in [6, 6.07) is 7.24. The van der Waals surface area contributed by atoms with Crippen LogP contribution < -0.4 is 15.2 Å². The van der Waals surface area contributed by atoms with Crippen molar-refractivity contribution in [3.63, 3.8) is 0 Å². The van der Waals surface area contributed by atoms with Gasteiger partial charge in [-0.1, -0.05) is 11.2 Å². The third kappa shape index (κ3) is 1.20. The Morgan fingerprint density at radius 3 is 3.00 bits per heavy atom. The molecule has 0 unspecified atom stereocenters. The van der Waals surface area contributed by atoms with Gasteiger partial charge in [-0.15, -0.1) is 0 Å². The van der Waals surface area contributed by atoms with E-state index in [9.17, 15) is 0 Å². The minimum absolute atomic E-state index is 0.236. The lowest BCUT2D eigenvalue weighted by Crippen LogP contribution is -1.93. The molecule has 0 radical (unpaired) electrons. The number of aromatic nitrogens is 1. The average Bonchev–Trinajstić information content (AvgIpc) is 2.84. The molecule has 0 saturated carbocycles. The molecular formula is C10H8N2O3. The summed E-state index contributed by atoms with van der Waals surface area (Å²) in [7, 11) is 0. The molecule has 2 N–H and O–H groups in total. The number of fused-ring (bicyclic) bond motifs is 1. The van der Waals surface area contributed by atoms with Gasteiger partial charge in [0.2, 0.25) is 12.7 Å². The Balaban J connectivity index is 2.16. The monoisotopic (exact) mass is 204 g/mol. The molecule has 0 aliphatic carbocycles. The van der Waals surface area contributed by atoms with Crippen LogP contribution in [0.4, 0.5) is 5.88 Å². The highest BCUT2D eigenvalue weighted by Crippen LogP contribution is 2.40. The first kappa shape index (κ1) is 8.16. The first-order valence-corrected chi connectivity index (χ1v) is 4.46. The van der Waals surface area contributed by atoms with E-state index < -0.39 is 0 Å². The molecular weight excluding hydrogens is 196 g/mol. The number of hydrogen-bond donors (Lipinski definition) is 1. The maximum Gasteiger partial charge on any atom is 0.231 e. The number of anilines is 1. The zero-order chi connectivity index (χ0) is 10.3. The number of hydrogen-bond acceptors (Lipinski definition) is 5. The van der Waals surface area contributed by atoms with E-state index in [1.807, 2.05) is 18.2 Å². The predicted octanol–water partition coefficient (Wildman–Crippen LogP) is 1.65. The summed E-state index contributed by atoms with van der Waals surface area (Å²) < 4.78 is 15.4. The SMILES string of the molecule is Nc1cc(-c2cccc3c2OCO3)no1. The highest BCUT2D eigenvalue weighted by atomic mass is 16.7. The van der Waals surface area contributed by atoms with E-state index in [-0.39, 0.29) is 12.7 Å². The van der Waals surface area contributed by atoms with Crippen molar-refractivity contribution in [1.29, 1.82) is 0 Å². The summed E-state index contributed by atoms with van der Waals surface area (Å²) in [6.07, 6.45) is 0. The molecule has 0 atom stereocenters. The van der Waals surface area contributed by atoms with Crippen LogP contribution in [0.3, 0.4) is 0 Å². The highest BCUT2D eigenvalue weighted by molar-refractivity contribution is 5.72. The molecule has 2 heterocycles. The van der Waals surface area contributed by atoms with E-state index >= 15 is 0 Å². The van der Waals surface area contributed by atoms with Crippen LogP contribution in [0.25, 0.3) is 11.3 Å². The number of benzene rings is 1. The fraction of sp³-hybridized carbons (Fsp3) is 0.100. The summed E-state index contributed by atoms with van der Waals surface area (Å²) in [6.45, 7) is 0.236. The number of ether oxygens (including phenoxy) is 2. The fourth-order valence-corrected chi connectivity index (χ4v) is 1.55. The second-order valence-corrected chi connectivity index (χ2v) is 3.15. The Bertz CT molecular complexity index is 507. The molecule has 5 nitrogen and oxygen atoms in total. The van der Waals surface area contributed by atoms with E-state index in [0.717, 1.165) is 5.56 Å². The van der Waals surface area contributed by atoms with Gasteiger partial charge >= 0.3 is 0 Å². The number of nitrogens with two attached hydrogens (primary N) is 1. The Labute approximate surface area is 85.4 Å². The summed E-state index contributed by atoms with van der Waals surface area (Å²) in [4.78, 5) is 0. The van der Waals surface area contributed by atoms with Crippen LogP contribution in [-0.2, 0) is 0 Å². The van der Waals surface area contributed by atoms with E-state index in [1.165, 1.54) is 0 Å². The minimum Gasteiger partial charge on any atom is -0.454 e. The Kier molecular flexibility index (Phi) is 1.58. The Hall–Kier alpha value is -2.17. The van der Waals surface area contributed by atoms with Crippen molar-refractivity contribution in [2.75, 3.05) is 12.5 Å². The van der Waals surface area contributed by atoms with Gasteiger partial charge in [-0.2, -0.15) is 0 Å². The molecule has 0 saturated heterocycles. The standard InChI is InChI=1S/C10H8N2O3/c11-9-4-7(12-15-9)6-2-1-3-8-10(6)14-5-13-8/h1-4H,5,11H2. The van der Waals surface area contributed by atoms with Crippen molar-refractivity contribution in [3.05, 3.63) is 24.3 Å². The topological polar surface area (TPSA) is 70.5 Å². The van der Waals surface area contributed by atoms with E-state index in [2.05, 4.69) is 5.16 Å². The number of rotatable bonds is 1. The second-order valence-electron chi connectivity index (χ2n) is 3.15. The molecule has 2 aromatic rings. The molecule has 0 amide bonds. The Morgan fingerprint density at radius 2 is 2.20 bits per heavy atom. The zero-order valence-electron chi connectivity index (χ0n) is 7.77. The molecule has 0 bridgehead atoms. The van der Waals surface area contributed by atoms with E-state index in [1.54, 1.807) is 6.07 Å². The summed E-state index contributed by atoms with van der Waals surface area (Å²) in [5, 5.41) is 3.83. The first-order chi connectivity index (χ1) is 7.34. The number of nitrogen functional groups attached to an aromatic ring is 1. The zero-order valence-corrected chi connectivity index (χ0v) is 7.77. The summed E-state index contributed by atoms with van der Waals surface area (Å²) in [5.41, 5.74) is 6.93. The van der Waals surface area contributed by atoms with Gasteiger partial charge in [0.1, 0.15) is 5.69 Å². The minimum atomic E-state index is 0.236. The molecule has 15 heavy (non-hydrogen) atoms. The number of para-hydroxylation sites is 1. The van der Waals surface area contributed by atoms with Gasteiger partial charge in [-0.05, 0) is 12.1 Å². The van der Waals surface area contributed by atoms with Crippen molar-refractivity contribution in [1.82, 2.24) is 5.16 Å². The van der Waals surface area contributed by atoms with E-state index in [0.29, 0.717) is 17.2 Å². The molecule has 0 fully saturated rings. The van der Waals surface area contributed by atoms with Crippen molar-refractivity contribution >= 4 is 5.88 Å². The lowest BCUT2D eigenvalue weighted by molar-refractivity contribution is 0.174. The van der Waals surface area contributed by atoms with Crippen molar-refractivity contribution in [2.24, 2.45) is 0 Å². The van der Waals surface area contributed by atoms with Crippen molar-refractivity contribution < 1.29 is 14.0 Å². The van der Waals surface area contributed by atoms with Gasteiger partial charge in [-0.3, -0.25) is 0 Å². The Morgan fingerprint density at radius 1 is 1.27 bits per heavy atom. The molecule has 1 aliphatic rings. The largest absolute Gasteiger partial charge is 0.454 e. The first-order valence-electron chi connectivity index (χ1n) is 4.46. The highest BCUT2D eigenvalue weighted by Gasteiger charge is 2.19. The molecule has 0 spiro atoms. The van der Waals surface area contributed by atoms with Gasteiger partial charge < -0.3 is 19.7 Å². The van der Waals surface area contributed by atoms with E-state index in [4.69, 9.17) is 19.7 Å². The summed E-state index contributed by atoms with van der Waals surface area (Å²) in [5.74, 6) is 1.68. The normalized spacial score (nSPS) is 13.1. The van der Waals surface area contributed by atoms with Crippen LogP contribution in [-0.4, -0.2) is 11.9 Å². The van der Waals surface area contributed by atoms with Gasteiger partial charge in [-0.25, -0.2) is 0 Å². The second kappa shape index (κ2) is 2.91. The van der Waals surface area contributed by atoms with Gasteiger partial charge in [0.15, 0.2) is 11.5 Å². The van der Waals surface area contributed by atoms with Gasteiger partial charge in [0, 0.05) is 11.6 Å². The van der Waals surface area contributed by atoms with Crippen molar-refractivity contribution in [2.45, 2.75) is 0 Å². The lowest BCUT2D eigenvalue weighted by atomic mass is 10.1. The maximum atomic E-state index is 5.46. The third-order valence-corrected chi connectivity index (χ3v) is 2.20. The van der Waals surface area contributed by atoms with Crippen LogP contribution in [0.1, 0.15) is 0 Å². The van der Waals surface area contributed by atoms with Crippen molar-refractivity contribution in [3.8, 4) is 22.8 Å². The smallest absolute Gasteiger partial charge is 0.231 e.